The minimum absolute atomic E-state index is 0.0000736. The fourth-order valence-corrected chi connectivity index (χ4v) is 2.64. The van der Waals surface area contributed by atoms with E-state index in [0.29, 0.717) is 12.2 Å². The van der Waals surface area contributed by atoms with Crippen molar-refractivity contribution in [2.24, 2.45) is 5.73 Å². The van der Waals surface area contributed by atoms with Crippen LogP contribution < -0.4 is 10.6 Å². The monoisotopic (exact) mass is 267 g/mol. The first kappa shape index (κ1) is 12.8. The van der Waals surface area contributed by atoms with Crippen molar-refractivity contribution in [1.82, 2.24) is 4.98 Å². The molecule has 0 aliphatic carbocycles. The maximum atomic E-state index is 12.7. The lowest BCUT2D eigenvalue weighted by Crippen LogP contribution is -2.39. The molecule has 1 amide bonds. The highest BCUT2D eigenvalue weighted by Gasteiger charge is 2.28. The summed E-state index contributed by atoms with van der Waals surface area (Å²) in [7, 11) is 0. The fraction of sp³-hybridized carbons (Fsp3) is 0.250. The second-order valence-electron chi connectivity index (χ2n) is 5.08. The summed E-state index contributed by atoms with van der Waals surface area (Å²) in [6.07, 6.45) is 2.43. The Bertz CT molecular complexity index is 654. The van der Waals surface area contributed by atoms with Gasteiger partial charge in [0.2, 0.25) is 0 Å². The van der Waals surface area contributed by atoms with Crippen LogP contribution in [0.2, 0.25) is 0 Å². The van der Waals surface area contributed by atoms with Crippen LogP contribution in [-0.4, -0.2) is 17.4 Å². The summed E-state index contributed by atoms with van der Waals surface area (Å²) >= 11 is 0. The SMILES string of the molecule is Cc1cccnc1C(=O)N1CCC(N)c2ccccc21. The molecule has 2 aromatic rings. The Morgan fingerprint density at radius 1 is 1.30 bits per heavy atom. The van der Waals surface area contributed by atoms with E-state index in [-0.39, 0.29) is 11.9 Å². The number of rotatable bonds is 1. The van der Waals surface area contributed by atoms with Crippen molar-refractivity contribution in [2.75, 3.05) is 11.4 Å². The van der Waals surface area contributed by atoms with Gasteiger partial charge in [0.1, 0.15) is 5.69 Å². The molecule has 3 rings (SSSR count). The minimum Gasteiger partial charge on any atom is -0.324 e. The van der Waals surface area contributed by atoms with Gasteiger partial charge in [0, 0.05) is 24.5 Å². The summed E-state index contributed by atoms with van der Waals surface area (Å²) in [5.41, 5.74) is 9.46. The fourth-order valence-electron chi connectivity index (χ4n) is 2.64. The lowest BCUT2D eigenvalue weighted by atomic mass is 9.96. The third-order valence-corrected chi connectivity index (χ3v) is 3.75. The number of amides is 1. The van der Waals surface area contributed by atoms with E-state index in [1.807, 2.05) is 43.3 Å². The van der Waals surface area contributed by atoms with E-state index in [4.69, 9.17) is 5.73 Å². The highest BCUT2D eigenvalue weighted by molar-refractivity contribution is 6.06. The zero-order chi connectivity index (χ0) is 14.1. The van der Waals surface area contributed by atoms with Gasteiger partial charge in [0.15, 0.2) is 0 Å². The number of carbonyl (C=O) groups is 1. The van der Waals surface area contributed by atoms with Crippen LogP contribution in [0, 0.1) is 6.92 Å². The van der Waals surface area contributed by atoms with Gasteiger partial charge in [-0.2, -0.15) is 0 Å². The molecule has 2 heterocycles. The Balaban J connectivity index is 2.02. The molecule has 1 aliphatic rings. The molecule has 2 N–H and O–H groups in total. The molecule has 4 nitrogen and oxygen atoms in total. The number of nitrogens with two attached hydrogens (primary N) is 1. The minimum atomic E-state index is -0.0533. The van der Waals surface area contributed by atoms with Gasteiger partial charge >= 0.3 is 0 Å². The first-order valence-corrected chi connectivity index (χ1v) is 6.76. The van der Waals surface area contributed by atoms with Crippen LogP contribution in [0.15, 0.2) is 42.6 Å². The number of para-hydroxylation sites is 1. The summed E-state index contributed by atoms with van der Waals surface area (Å²) in [6, 6.07) is 11.6. The molecule has 0 saturated heterocycles. The van der Waals surface area contributed by atoms with E-state index >= 15 is 0 Å². The van der Waals surface area contributed by atoms with Gasteiger partial charge in [-0.25, -0.2) is 0 Å². The van der Waals surface area contributed by atoms with Crippen molar-refractivity contribution < 1.29 is 4.79 Å². The number of carbonyl (C=O) groups excluding carboxylic acids is 1. The summed E-state index contributed by atoms with van der Waals surface area (Å²) < 4.78 is 0. The van der Waals surface area contributed by atoms with Gasteiger partial charge in [-0.1, -0.05) is 24.3 Å². The highest BCUT2D eigenvalue weighted by Crippen LogP contribution is 2.33. The molecule has 0 fully saturated rings. The maximum Gasteiger partial charge on any atom is 0.277 e. The molecule has 1 aromatic heterocycles. The van der Waals surface area contributed by atoms with Crippen LogP contribution in [0.25, 0.3) is 0 Å². The van der Waals surface area contributed by atoms with Crippen LogP contribution in [0.3, 0.4) is 0 Å². The predicted octanol–water partition coefficient (Wildman–Crippen LogP) is 2.44. The first-order valence-electron chi connectivity index (χ1n) is 6.76. The molecule has 20 heavy (non-hydrogen) atoms. The van der Waals surface area contributed by atoms with Crippen molar-refractivity contribution in [1.29, 1.82) is 0 Å². The first-order chi connectivity index (χ1) is 9.68. The van der Waals surface area contributed by atoms with Crippen molar-refractivity contribution >= 4 is 11.6 Å². The Kier molecular flexibility index (Phi) is 3.24. The Morgan fingerprint density at radius 3 is 2.90 bits per heavy atom. The molecule has 1 aliphatic heterocycles. The molecule has 0 spiro atoms. The second-order valence-corrected chi connectivity index (χ2v) is 5.08. The number of aryl methyl sites for hydroxylation is 1. The molecule has 1 aromatic carbocycles. The lowest BCUT2D eigenvalue weighted by Gasteiger charge is -2.32. The van der Waals surface area contributed by atoms with Crippen molar-refractivity contribution in [3.63, 3.8) is 0 Å². The van der Waals surface area contributed by atoms with Crippen LogP contribution in [0.4, 0.5) is 5.69 Å². The Hall–Kier alpha value is -2.20. The zero-order valence-corrected chi connectivity index (χ0v) is 11.4. The van der Waals surface area contributed by atoms with Gasteiger partial charge < -0.3 is 10.6 Å². The molecule has 4 heteroatoms. The van der Waals surface area contributed by atoms with E-state index in [1.54, 1.807) is 11.1 Å². The molecule has 0 bridgehead atoms. The van der Waals surface area contributed by atoms with Gasteiger partial charge in [-0.15, -0.1) is 0 Å². The number of hydrogen-bond donors (Lipinski definition) is 1. The average Bonchev–Trinajstić information content (AvgIpc) is 2.48. The predicted molar refractivity (Wildman–Crippen MR) is 78.6 cm³/mol. The van der Waals surface area contributed by atoms with E-state index in [0.717, 1.165) is 23.2 Å². The lowest BCUT2D eigenvalue weighted by molar-refractivity contribution is 0.0979. The molecule has 1 atom stereocenters. The third kappa shape index (κ3) is 2.08. The summed E-state index contributed by atoms with van der Waals surface area (Å²) in [6.45, 7) is 2.54. The van der Waals surface area contributed by atoms with E-state index in [9.17, 15) is 4.79 Å². The number of benzene rings is 1. The van der Waals surface area contributed by atoms with E-state index < -0.39 is 0 Å². The summed E-state index contributed by atoms with van der Waals surface area (Å²) in [4.78, 5) is 18.7. The van der Waals surface area contributed by atoms with Gasteiger partial charge in [0.05, 0.1) is 0 Å². The van der Waals surface area contributed by atoms with Gasteiger partial charge in [-0.3, -0.25) is 9.78 Å². The maximum absolute atomic E-state index is 12.7. The number of anilines is 1. The topological polar surface area (TPSA) is 59.2 Å². The number of nitrogens with zero attached hydrogens (tertiary/aromatic N) is 2. The van der Waals surface area contributed by atoms with Crippen molar-refractivity contribution in [3.8, 4) is 0 Å². The standard InChI is InChI=1S/C16H17N3O/c1-11-5-4-9-18-15(11)16(20)19-10-8-13(17)12-6-2-3-7-14(12)19/h2-7,9,13H,8,10,17H2,1H3. The van der Waals surface area contributed by atoms with Crippen LogP contribution in [-0.2, 0) is 0 Å². The Morgan fingerprint density at radius 2 is 2.10 bits per heavy atom. The molecular weight excluding hydrogens is 250 g/mol. The number of aromatic nitrogens is 1. The van der Waals surface area contributed by atoms with Gasteiger partial charge in [-0.05, 0) is 36.6 Å². The molecule has 0 saturated carbocycles. The van der Waals surface area contributed by atoms with Crippen molar-refractivity contribution in [3.05, 3.63) is 59.4 Å². The summed E-state index contributed by atoms with van der Waals surface area (Å²) in [5, 5.41) is 0. The largest absolute Gasteiger partial charge is 0.324 e. The number of fused-ring (bicyclic) bond motifs is 1. The number of pyridine rings is 1. The quantitative estimate of drug-likeness (QED) is 0.863. The molecular formula is C16H17N3O. The van der Waals surface area contributed by atoms with Gasteiger partial charge in [0.25, 0.3) is 5.91 Å². The molecule has 102 valence electrons. The van der Waals surface area contributed by atoms with Crippen LogP contribution >= 0.6 is 0 Å². The van der Waals surface area contributed by atoms with E-state index in [1.165, 1.54) is 0 Å². The van der Waals surface area contributed by atoms with Crippen molar-refractivity contribution in [2.45, 2.75) is 19.4 Å². The van der Waals surface area contributed by atoms with Crippen LogP contribution in [0.5, 0.6) is 0 Å². The average molecular weight is 267 g/mol. The van der Waals surface area contributed by atoms with Crippen LogP contribution in [0.1, 0.15) is 34.1 Å². The zero-order valence-electron chi connectivity index (χ0n) is 11.4. The second kappa shape index (κ2) is 5.06. The number of hydrogen-bond acceptors (Lipinski definition) is 3. The molecule has 1 unspecified atom stereocenters. The highest BCUT2D eigenvalue weighted by atomic mass is 16.2. The van der Waals surface area contributed by atoms with E-state index in [2.05, 4.69) is 4.98 Å². The Labute approximate surface area is 118 Å². The smallest absolute Gasteiger partial charge is 0.277 e. The third-order valence-electron chi connectivity index (χ3n) is 3.75. The normalized spacial score (nSPS) is 17.7. The summed E-state index contributed by atoms with van der Waals surface area (Å²) in [5.74, 6) is -0.0533. The molecule has 0 radical (unpaired) electrons.